The number of hydrogen-bond donors (Lipinski definition) is 2. The molecule has 2 saturated carbocycles. The van der Waals surface area contributed by atoms with Gasteiger partial charge in [0, 0.05) is 0 Å². The fourth-order valence-corrected chi connectivity index (χ4v) is 3.46. The van der Waals surface area contributed by atoms with Crippen molar-refractivity contribution in [3.8, 4) is 0 Å². The summed E-state index contributed by atoms with van der Waals surface area (Å²) in [6.07, 6.45) is 0.872. The van der Waals surface area contributed by atoms with Crippen LogP contribution in [0.15, 0.2) is 0 Å². The van der Waals surface area contributed by atoms with Crippen molar-refractivity contribution in [3.63, 3.8) is 0 Å². The first-order valence-electron chi connectivity index (χ1n) is 5.50. The third-order valence-electron chi connectivity index (χ3n) is 4.08. The molecule has 2 N–H and O–H groups in total. The summed E-state index contributed by atoms with van der Waals surface area (Å²) in [5.41, 5.74) is 0. The molecule has 2 aliphatic carbocycles. The largest absolute Gasteiger partial charge is 0.481 e. The van der Waals surface area contributed by atoms with Gasteiger partial charge >= 0.3 is 17.9 Å². The Morgan fingerprint density at radius 2 is 1.71 bits per heavy atom. The van der Waals surface area contributed by atoms with E-state index >= 15 is 0 Å². The van der Waals surface area contributed by atoms with Gasteiger partial charge in [0.25, 0.3) is 0 Å². The lowest BCUT2D eigenvalue weighted by Gasteiger charge is -2.29. The fourth-order valence-electron chi connectivity index (χ4n) is 3.46. The van der Waals surface area contributed by atoms with Crippen LogP contribution >= 0.6 is 0 Å². The van der Waals surface area contributed by atoms with Crippen LogP contribution in [0.3, 0.4) is 0 Å². The normalized spacial score (nSPS) is 39.0. The van der Waals surface area contributed by atoms with E-state index in [1.165, 1.54) is 7.11 Å². The molecule has 0 spiro atoms. The van der Waals surface area contributed by atoms with Crippen molar-refractivity contribution in [2.75, 3.05) is 7.11 Å². The quantitative estimate of drug-likeness (QED) is 0.686. The van der Waals surface area contributed by atoms with Gasteiger partial charge in [0.05, 0.1) is 24.9 Å². The molecule has 17 heavy (non-hydrogen) atoms. The molecule has 6 heteroatoms. The number of carbonyl (C=O) groups is 3. The van der Waals surface area contributed by atoms with Crippen LogP contribution in [0, 0.1) is 29.6 Å². The lowest BCUT2D eigenvalue weighted by atomic mass is 9.74. The number of ether oxygens (including phenoxy) is 1. The predicted octanol–water partition coefficient (Wildman–Crippen LogP) is 0.217. The third-order valence-corrected chi connectivity index (χ3v) is 4.08. The van der Waals surface area contributed by atoms with Gasteiger partial charge in [-0.05, 0) is 24.7 Å². The first-order valence-corrected chi connectivity index (χ1v) is 5.50. The molecule has 0 aromatic heterocycles. The summed E-state index contributed by atoms with van der Waals surface area (Å²) in [6, 6.07) is 0. The second-order valence-electron chi connectivity index (χ2n) is 4.75. The van der Waals surface area contributed by atoms with E-state index in [0.717, 1.165) is 0 Å². The highest BCUT2D eigenvalue weighted by atomic mass is 16.5. The number of carboxylic acids is 2. The number of rotatable bonds is 3. The zero-order valence-corrected chi connectivity index (χ0v) is 9.33. The average Bonchev–Trinajstić information content (AvgIpc) is 2.84. The molecule has 5 atom stereocenters. The standard InChI is InChI=1S/C11H14O6/c1-17-11(16)7-4-2-5(8(7)10(14)15)6(3-4)9(12)13/h4-8H,2-3H2,1H3,(H,12,13)(H,14,15). The van der Waals surface area contributed by atoms with E-state index in [1.807, 2.05) is 0 Å². The van der Waals surface area contributed by atoms with Gasteiger partial charge in [-0.15, -0.1) is 0 Å². The molecule has 0 aromatic rings. The predicted molar refractivity (Wildman–Crippen MR) is 54.0 cm³/mol. The first kappa shape index (κ1) is 11.9. The van der Waals surface area contributed by atoms with Gasteiger partial charge in [-0.3, -0.25) is 14.4 Å². The highest BCUT2D eigenvalue weighted by Crippen LogP contribution is 2.55. The van der Waals surface area contributed by atoms with E-state index in [1.54, 1.807) is 0 Å². The van der Waals surface area contributed by atoms with Gasteiger partial charge in [-0.1, -0.05) is 0 Å². The van der Waals surface area contributed by atoms with E-state index in [0.29, 0.717) is 12.8 Å². The summed E-state index contributed by atoms with van der Waals surface area (Å²) in [5, 5.41) is 18.2. The van der Waals surface area contributed by atoms with E-state index in [4.69, 9.17) is 10.2 Å². The average molecular weight is 242 g/mol. The molecule has 0 aromatic carbocycles. The molecule has 0 radical (unpaired) electrons. The maximum atomic E-state index is 11.6. The van der Waals surface area contributed by atoms with Gasteiger partial charge in [0.15, 0.2) is 0 Å². The van der Waals surface area contributed by atoms with Gasteiger partial charge in [-0.25, -0.2) is 0 Å². The van der Waals surface area contributed by atoms with Crippen LogP contribution in [0.25, 0.3) is 0 Å². The summed E-state index contributed by atoms with van der Waals surface area (Å²) < 4.78 is 4.61. The summed E-state index contributed by atoms with van der Waals surface area (Å²) in [4.78, 5) is 33.7. The highest BCUT2D eigenvalue weighted by molar-refractivity contribution is 5.84. The Hall–Kier alpha value is -1.59. The van der Waals surface area contributed by atoms with E-state index in [2.05, 4.69) is 4.74 Å². The van der Waals surface area contributed by atoms with Crippen LogP contribution < -0.4 is 0 Å². The van der Waals surface area contributed by atoms with Crippen molar-refractivity contribution < 1.29 is 29.3 Å². The Kier molecular flexibility index (Phi) is 2.81. The summed E-state index contributed by atoms with van der Waals surface area (Å²) in [7, 11) is 1.22. The Bertz CT molecular complexity index is 376. The van der Waals surface area contributed by atoms with Crippen LogP contribution in [-0.4, -0.2) is 35.2 Å². The first-order chi connectivity index (χ1) is 7.97. The van der Waals surface area contributed by atoms with Crippen LogP contribution in [0.1, 0.15) is 12.8 Å². The van der Waals surface area contributed by atoms with Gasteiger partial charge < -0.3 is 14.9 Å². The van der Waals surface area contributed by atoms with Crippen molar-refractivity contribution in [1.82, 2.24) is 0 Å². The van der Waals surface area contributed by atoms with Crippen LogP contribution in [0.2, 0.25) is 0 Å². The van der Waals surface area contributed by atoms with E-state index in [9.17, 15) is 14.4 Å². The zero-order chi connectivity index (χ0) is 12.7. The molecule has 2 rings (SSSR count). The Labute approximate surface area is 97.6 Å². The van der Waals surface area contributed by atoms with Crippen molar-refractivity contribution in [3.05, 3.63) is 0 Å². The van der Waals surface area contributed by atoms with Gasteiger partial charge in [0.1, 0.15) is 0 Å². The molecule has 94 valence electrons. The smallest absolute Gasteiger partial charge is 0.309 e. The molecule has 2 aliphatic rings. The minimum Gasteiger partial charge on any atom is -0.481 e. The lowest BCUT2D eigenvalue weighted by Crippen LogP contribution is -2.40. The van der Waals surface area contributed by atoms with Crippen molar-refractivity contribution in [2.45, 2.75) is 12.8 Å². The highest BCUT2D eigenvalue weighted by Gasteiger charge is 2.60. The number of aliphatic carboxylic acids is 2. The lowest BCUT2D eigenvalue weighted by molar-refractivity contribution is -0.162. The van der Waals surface area contributed by atoms with Gasteiger partial charge in [-0.2, -0.15) is 0 Å². The van der Waals surface area contributed by atoms with Crippen LogP contribution in [-0.2, 0) is 19.1 Å². The molecule has 2 fully saturated rings. The Morgan fingerprint density at radius 1 is 1.06 bits per heavy atom. The molecule has 0 aliphatic heterocycles. The van der Waals surface area contributed by atoms with Crippen molar-refractivity contribution in [2.24, 2.45) is 29.6 Å². The minimum absolute atomic E-state index is 0.172. The molecular formula is C11H14O6. The van der Waals surface area contributed by atoms with E-state index in [-0.39, 0.29) is 5.92 Å². The van der Waals surface area contributed by atoms with Gasteiger partial charge in [0.2, 0.25) is 0 Å². The second kappa shape index (κ2) is 4.01. The van der Waals surface area contributed by atoms with Crippen molar-refractivity contribution in [1.29, 1.82) is 0 Å². The molecule has 2 bridgehead atoms. The number of carbonyl (C=O) groups excluding carboxylic acids is 1. The number of methoxy groups -OCH3 is 1. The number of esters is 1. The van der Waals surface area contributed by atoms with Crippen molar-refractivity contribution >= 4 is 17.9 Å². The summed E-state index contributed by atoms with van der Waals surface area (Å²) >= 11 is 0. The minimum atomic E-state index is -1.10. The van der Waals surface area contributed by atoms with Crippen LogP contribution in [0.4, 0.5) is 0 Å². The zero-order valence-electron chi connectivity index (χ0n) is 9.33. The van der Waals surface area contributed by atoms with E-state index < -0.39 is 41.6 Å². The topological polar surface area (TPSA) is 101 Å². The monoisotopic (exact) mass is 242 g/mol. The SMILES string of the molecule is COC(=O)C1C2CC(C(=O)O)C(C2)C1C(=O)O. The molecule has 6 nitrogen and oxygen atoms in total. The molecule has 0 saturated heterocycles. The Morgan fingerprint density at radius 3 is 2.18 bits per heavy atom. The molecule has 0 amide bonds. The number of hydrogen-bond acceptors (Lipinski definition) is 4. The molecular weight excluding hydrogens is 228 g/mol. The molecule has 0 heterocycles. The maximum Gasteiger partial charge on any atom is 0.309 e. The van der Waals surface area contributed by atoms with Crippen LogP contribution in [0.5, 0.6) is 0 Å². The number of fused-ring (bicyclic) bond motifs is 2. The Balaban J connectivity index is 2.27. The fraction of sp³-hybridized carbons (Fsp3) is 0.727. The number of carboxylic acid groups (broad SMARTS) is 2. The molecule has 5 unspecified atom stereocenters. The summed E-state index contributed by atoms with van der Waals surface area (Å²) in [6.45, 7) is 0. The second-order valence-corrected chi connectivity index (χ2v) is 4.75. The maximum absolute atomic E-state index is 11.6. The third kappa shape index (κ3) is 1.67. The summed E-state index contributed by atoms with van der Waals surface area (Å²) in [5.74, 6) is -5.45.